The molecule has 0 amide bonds. The summed E-state index contributed by atoms with van der Waals surface area (Å²) in [5.41, 5.74) is 7.65. The summed E-state index contributed by atoms with van der Waals surface area (Å²) in [6.07, 6.45) is 7.82. The monoisotopic (exact) mass is 333 g/mol. The molecule has 5 rings (SSSR count). The van der Waals surface area contributed by atoms with E-state index in [0.29, 0.717) is 0 Å². The van der Waals surface area contributed by atoms with Crippen LogP contribution < -0.4 is 0 Å². The molecule has 26 heavy (non-hydrogen) atoms. The highest BCUT2D eigenvalue weighted by Gasteiger charge is 2.18. The Labute approximate surface area is 153 Å². The van der Waals surface area contributed by atoms with Crippen LogP contribution in [0.5, 0.6) is 0 Å². The first-order valence-electron chi connectivity index (χ1n) is 9.03. The van der Waals surface area contributed by atoms with Crippen LogP contribution in [0.3, 0.4) is 0 Å². The normalized spacial score (nSPS) is 13.3. The predicted octanol–water partition coefficient (Wildman–Crippen LogP) is 6.28. The second kappa shape index (κ2) is 6.20. The maximum atomic E-state index is 2.39. The van der Waals surface area contributed by atoms with Crippen molar-refractivity contribution in [3.8, 4) is 5.69 Å². The van der Waals surface area contributed by atoms with Gasteiger partial charge in [0.2, 0.25) is 0 Å². The van der Waals surface area contributed by atoms with E-state index < -0.39 is 0 Å². The predicted molar refractivity (Wildman–Crippen MR) is 110 cm³/mol. The van der Waals surface area contributed by atoms with Gasteiger partial charge in [0.1, 0.15) is 0 Å². The lowest BCUT2D eigenvalue weighted by Crippen LogP contribution is -1.97. The molecule has 0 bridgehead atoms. The molecule has 1 heterocycles. The molecule has 4 aromatic rings. The van der Waals surface area contributed by atoms with E-state index in [1.807, 2.05) is 0 Å². The number of fused-ring (bicyclic) bond motifs is 3. The third-order valence-electron chi connectivity index (χ3n) is 5.05. The highest BCUT2D eigenvalue weighted by atomic mass is 15.0. The maximum Gasteiger partial charge on any atom is 0.0537 e. The summed E-state index contributed by atoms with van der Waals surface area (Å²) in [6, 6.07) is 30.0. The van der Waals surface area contributed by atoms with E-state index in [1.165, 1.54) is 39.0 Å². The summed E-state index contributed by atoms with van der Waals surface area (Å²) < 4.78 is 2.39. The molecule has 3 aromatic carbocycles. The van der Waals surface area contributed by atoms with Crippen LogP contribution in [-0.2, 0) is 6.42 Å². The molecule has 124 valence electrons. The highest BCUT2D eigenvalue weighted by Crippen LogP contribution is 2.35. The number of hydrogen-bond donors (Lipinski definition) is 0. The molecule has 1 aliphatic carbocycles. The Morgan fingerprint density at radius 3 is 2.19 bits per heavy atom. The molecule has 0 spiro atoms. The lowest BCUT2D eigenvalue weighted by atomic mass is 10.0. The van der Waals surface area contributed by atoms with E-state index in [2.05, 4.69) is 108 Å². The number of aromatic nitrogens is 1. The lowest BCUT2D eigenvalue weighted by Gasteiger charge is -2.10. The largest absolute Gasteiger partial charge is 0.310 e. The fraction of sp³-hybridized carbons (Fsp3) is 0.0400. The van der Waals surface area contributed by atoms with E-state index in [9.17, 15) is 0 Å². The van der Waals surface area contributed by atoms with Gasteiger partial charge in [-0.3, -0.25) is 0 Å². The van der Waals surface area contributed by atoms with Crippen molar-refractivity contribution in [2.75, 3.05) is 0 Å². The molecular formula is C25H19N. The Morgan fingerprint density at radius 1 is 0.692 bits per heavy atom. The number of para-hydroxylation sites is 2. The van der Waals surface area contributed by atoms with Gasteiger partial charge in [0.25, 0.3) is 0 Å². The minimum atomic E-state index is 0.947. The Bertz CT molecular complexity index is 1130. The minimum Gasteiger partial charge on any atom is -0.310 e. The average Bonchev–Trinajstić information content (AvgIpc) is 2.86. The van der Waals surface area contributed by atoms with Gasteiger partial charge in [-0.05, 0) is 47.4 Å². The van der Waals surface area contributed by atoms with Gasteiger partial charge in [0.15, 0.2) is 0 Å². The standard InChI is InChI=1S/C25H19N/c1-3-10-19(11-4-1)20-12-9-16-23-22-15-7-8-17-24(22)26(25(23)18-20)21-13-5-2-6-14-21/h1-15,17-18H,16H2. The molecule has 0 unspecified atom stereocenters. The highest BCUT2D eigenvalue weighted by molar-refractivity contribution is 5.96. The van der Waals surface area contributed by atoms with Crippen LogP contribution in [0.4, 0.5) is 0 Å². The van der Waals surface area contributed by atoms with Crippen molar-refractivity contribution in [2.45, 2.75) is 6.42 Å². The van der Waals surface area contributed by atoms with Crippen molar-refractivity contribution in [2.24, 2.45) is 0 Å². The number of hydrogen-bond acceptors (Lipinski definition) is 0. The molecular weight excluding hydrogens is 314 g/mol. The molecule has 0 N–H and O–H groups in total. The third kappa shape index (κ3) is 2.41. The first kappa shape index (κ1) is 15.0. The first-order chi connectivity index (χ1) is 12.9. The van der Waals surface area contributed by atoms with Crippen LogP contribution in [0.2, 0.25) is 0 Å². The van der Waals surface area contributed by atoms with Gasteiger partial charge in [-0.2, -0.15) is 0 Å². The van der Waals surface area contributed by atoms with Crippen molar-refractivity contribution in [3.05, 3.63) is 114 Å². The first-order valence-corrected chi connectivity index (χ1v) is 9.03. The van der Waals surface area contributed by atoms with E-state index in [4.69, 9.17) is 0 Å². The SMILES string of the molecule is C1=CC(c2ccccc2)=Cc2c(c3ccccc3n2-c2ccccc2)C1. The summed E-state index contributed by atoms with van der Waals surface area (Å²) in [4.78, 5) is 0. The molecule has 0 aliphatic heterocycles. The molecule has 1 heteroatoms. The second-order valence-corrected chi connectivity index (χ2v) is 6.62. The quantitative estimate of drug-likeness (QED) is 0.406. The summed E-state index contributed by atoms with van der Waals surface area (Å²) in [6.45, 7) is 0. The number of rotatable bonds is 2. The van der Waals surface area contributed by atoms with E-state index in [0.717, 1.165) is 6.42 Å². The minimum absolute atomic E-state index is 0.947. The van der Waals surface area contributed by atoms with E-state index in [1.54, 1.807) is 0 Å². The summed E-state index contributed by atoms with van der Waals surface area (Å²) in [5, 5.41) is 1.33. The van der Waals surface area contributed by atoms with E-state index in [-0.39, 0.29) is 0 Å². The number of allylic oxidation sites excluding steroid dienone is 3. The topological polar surface area (TPSA) is 4.93 Å². The van der Waals surface area contributed by atoms with Gasteiger partial charge in [0, 0.05) is 11.1 Å². The number of benzene rings is 3. The molecule has 0 atom stereocenters. The van der Waals surface area contributed by atoms with Gasteiger partial charge >= 0.3 is 0 Å². The molecule has 0 saturated carbocycles. The Kier molecular flexibility index (Phi) is 3.57. The summed E-state index contributed by atoms with van der Waals surface area (Å²) in [5.74, 6) is 0. The number of nitrogens with zero attached hydrogens (tertiary/aromatic N) is 1. The van der Waals surface area contributed by atoms with Crippen LogP contribution in [0, 0.1) is 0 Å². The van der Waals surface area contributed by atoms with Crippen LogP contribution in [0.1, 0.15) is 16.8 Å². The lowest BCUT2D eigenvalue weighted by molar-refractivity contribution is 1.09. The van der Waals surface area contributed by atoms with Crippen LogP contribution in [-0.4, -0.2) is 4.57 Å². The Morgan fingerprint density at radius 2 is 1.38 bits per heavy atom. The molecule has 1 nitrogen and oxygen atoms in total. The zero-order valence-corrected chi connectivity index (χ0v) is 14.5. The molecule has 0 saturated heterocycles. The summed E-state index contributed by atoms with van der Waals surface area (Å²) in [7, 11) is 0. The smallest absolute Gasteiger partial charge is 0.0537 e. The molecule has 1 aromatic heterocycles. The zero-order valence-electron chi connectivity index (χ0n) is 14.5. The molecule has 1 aliphatic rings. The van der Waals surface area contributed by atoms with Crippen LogP contribution >= 0.6 is 0 Å². The summed E-state index contributed by atoms with van der Waals surface area (Å²) >= 11 is 0. The van der Waals surface area contributed by atoms with Gasteiger partial charge in [-0.15, -0.1) is 0 Å². The fourth-order valence-electron chi connectivity index (χ4n) is 3.86. The van der Waals surface area contributed by atoms with Crippen LogP contribution in [0.25, 0.3) is 28.2 Å². The average molecular weight is 333 g/mol. The molecule has 0 radical (unpaired) electrons. The van der Waals surface area contributed by atoms with Crippen molar-refractivity contribution < 1.29 is 0 Å². The van der Waals surface area contributed by atoms with Crippen molar-refractivity contribution in [1.82, 2.24) is 4.57 Å². The Balaban J connectivity index is 1.83. The van der Waals surface area contributed by atoms with Crippen LogP contribution in [0.15, 0.2) is 97.1 Å². The fourth-order valence-corrected chi connectivity index (χ4v) is 3.86. The van der Waals surface area contributed by atoms with E-state index >= 15 is 0 Å². The van der Waals surface area contributed by atoms with Crippen molar-refractivity contribution >= 4 is 22.6 Å². The Hall–Kier alpha value is -3.32. The maximum absolute atomic E-state index is 2.39. The molecule has 0 fully saturated rings. The van der Waals surface area contributed by atoms with Gasteiger partial charge in [-0.25, -0.2) is 0 Å². The zero-order chi connectivity index (χ0) is 17.3. The van der Waals surface area contributed by atoms with Gasteiger partial charge in [-0.1, -0.05) is 78.9 Å². The van der Waals surface area contributed by atoms with Gasteiger partial charge < -0.3 is 4.57 Å². The second-order valence-electron chi connectivity index (χ2n) is 6.62. The van der Waals surface area contributed by atoms with Crippen molar-refractivity contribution in [3.63, 3.8) is 0 Å². The van der Waals surface area contributed by atoms with Crippen molar-refractivity contribution in [1.29, 1.82) is 0 Å². The third-order valence-corrected chi connectivity index (χ3v) is 5.05. The van der Waals surface area contributed by atoms with Gasteiger partial charge in [0.05, 0.1) is 11.2 Å².